The maximum Gasteiger partial charge on any atom is 0.254 e. The summed E-state index contributed by atoms with van der Waals surface area (Å²) in [6.45, 7) is 3.50. The quantitative estimate of drug-likeness (QED) is 0.874. The van der Waals surface area contributed by atoms with Gasteiger partial charge in [0.05, 0.1) is 0 Å². The molecule has 5 heteroatoms. The summed E-state index contributed by atoms with van der Waals surface area (Å²) in [7, 11) is 0. The molecular formula is C17H23N3O2. The summed E-state index contributed by atoms with van der Waals surface area (Å²) in [4.78, 5) is 26.1. The first kappa shape index (κ1) is 15.0. The Morgan fingerprint density at radius 1 is 1.41 bits per heavy atom. The van der Waals surface area contributed by atoms with Crippen molar-refractivity contribution >= 4 is 17.5 Å². The zero-order valence-corrected chi connectivity index (χ0v) is 13.0. The van der Waals surface area contributed by atoms with E-state index in [4.69, 9.17) is 5.73 Å². The van der Waals surface area contributed by atoms with Crippen molar-refractivity contribution < 1.29 is 9.59 Å². The summed E-state index contributed by atoms with van der Waals surface area (Å²) >= 11 is 0. The van der Waals surface area contributed by atoms with Crippen molar-refractivity contribution in [2.75, 3.05) is 18.4 Å². The zero-order valence-electron chi connectivity index (χ0n) is 13.0. The van der Waals surface area contributed by atoms with Gasteiger partial charge in [0, 0.05) is 36.8 Å². The number of benzene rings is 1. The van der Waals surface area contributed by atoms with E-state index in [0.29, 0.717) is 30.9 Å². The molecular weight excluding hydrogens is 278 g/mol. The summed E-state index contributed by atoms with van der Waals surface area (Å²) in [5.41, 5.74) is 8.42. The first-order chi connectivity index (χ1) is 10.6. The second-order valence-corrected chi connectivity index (χ2v) is 6.44. The van der Waals surface area contributed by atoms with Crippen LogP contribution in [0.2, 0.25) is 0 Å². The van der Waals surface area contributed by atoms with Crippen LogP contribution in [0.5, 0.6) is 0 Å². The highest BCUT2D eigenvalue weighted by Gasteiger charge is 2.30. The van der Waals surface area contributed by atoms with Crippen LogP contribution in [0.4, 0.5) is 5.69 Å². The third-order valence-electron chi connectivity index (χ3n) is 4.76. The van der Waals surface area contributed by atoms with Crippen molar-refractivity contribution in [1.82, 2.24) is 4.90 Å². The lowest BCUT2D eigenvalue weighted by molar-refractivity contribution is -0.116. The number of anilines is 1. The molecule has 5 nitrogen and oxygen atoms in total. The van der Waals surface area contributed by atoms with Crippen molar-refractivity contribution in [1.29, 1.82) is 0 Å². The molecule has 0 saturated carbocycles. The van der Waals surface area contributed by atoms with Crippen molar-refractivity contribution in [2.24, 2.45) is 11.7 Å². The number of aryl methyl sites for hydroxylation is 1. The van der Waals surface area contributed by atoms with Crippen LogP contribution in [0.25, 0.3) is 0 Å². The maximum atomic E-state index is 12.8. The Bertz CT molecular complexity index is 600. The molecule has 22 heavy (non-hydrogen) atoms. The second-order valence-electron chi connectivity index (χ2n) is 6.44. The average Bonchev–Trinajstić information content (AvgIpc) is 2.53. The van der Waals surface area contributed by atoms with Gasteiger partial charge in [0.2, 0.25) is 5.91 Å². The van der Waals surface area contributed by atoms with Crippen LogP contribution in [0.3, 0.4) is 0 Å². The Hall–Kier alpha value is -1.88. The molecule has 0 aromatic heterocycles. The minimum atomic E-state index is 0.0415. The molecule has 1 aromatic rings. The molecule has 1 aromatic carbocycles. The monoisotopic (exact) mass is 301 g/mol. The van der Waals surface area contributed by atoms with Gasteiger partial charge >= 0.3 is 0 Å². The van der Waals surface area contributed by atoms with Crippen LogP contribution < -0.4 is 11.1 Å². The highest BCUT2D eigenvalue weighted by Crippen LogP contribution is 2.27. The molecule has 2 heterocycles. The van der Waals surface area contributed by atoms with Crippen LogP contribution in [-0.2, 0) is 11.2 Å². The SMILES string of the molecule is CC1CCN(C(=O)c2ccc3c(c2)CCC(=O)N3)C(CN)C1. The fourth-order valence-corrected chi connectivity index (χ4v) is 3.42. The smallest absolute Gasteiger partial charge is 0.254 e. The molecule has 2 amide bonds. The third kappa shape index (κ3) is 2.86. The van der Waals surface area contributed by atoms with Crippen LogP contribution >= 0.6 is 0 Å². The molecule has 2 aliphatic heterocycles. The van der Waals surface area contributed by atoms with Crippen LogP contribution in [0.15, 0.2) is 18.2 Å². The summed E-state index contributed by atoms with van der Waals surface area (Å²) < 4.78 is 0. The van der Waals surface area contributed by atoms with Gasteiger partial charge in [0.15, 0.2) is 0 Å². The minimum Gasteiger partial charge on any atom is -0.334 e. The molecule has 0 bridgehead atoms. The highest BCUT2D eigenvalue weighted by molar-refractivity contribution is 5.98. The van der Waals surface area contributed by atoms with Crippen LogP contribution in [-0.4, -0.2) is 35.8 Å². The number of piperidine rings is 1. The topological polar surface area (TPSA) is 75.4 Å². The molecule has 0 aliphatic carbocycles. The summed E-state index contributed by atoms with van der Waals surface area (Å²) in [5.74, 6) is 0.721. The van der Waals surface area contributed by atoms with E-state index in [1.807, 2.05) is 17.0 Å². The second kappa shape index (κ2) is 6.08. The number of nitrogens with two attached hydrogens (primary N) is 1. The van der Waals surface area contributed by atoms with E-state index in [1.54, 1.807) is 6.07 Å². The third-order valence-corrected chi connectivity index (χ3v) is 4.76. The van der Waals surface area contributed by atoms with Gasteiger partial charge in [-0.05, 0) is 48.9 Å². The molecule has 3 N–H and O–H groups in total. The molecule has 0 radical (unpaired) electrons. The van der Waals surface area contributed by atoms with Gasteiger partial charge in [0.25, 0.3) is 5.91 Å². The number of carbonyl (C=O) groups excluding carboxylic acids is 2. The van der Waals surface area contributed by atoms with E-state index in [0.717, 1.165) is 30.6 Å². The lowest BCUT2D eigenvalue weighted by atomic mass is 9.91. The Kier molecular flexibility index (Phi) is 4.16. The number of likely N-dealkylation sites (tertiary alicyclic amines) is 1. The largest absolute Gasteiger partial charge is 0.334 e. The predicted octanol–water partition coefficient (Wildman–Crippen LogP) is 1.77. The van der Waals surface area contributed by atoms with Gasteiger partial charge < -0.3 is 16.0 Å². The number of nitrogens with zero attached hydrogens (tertiary/aromatic N) is 1. The number of amides is 2. The fourth-order valence-electron chi connectivity index (χ4n) is 3.42. The van der Waals surface area contributed by atoms with Gasteiger partial charge in [0.1, 0.15) is 0 Å². The summed E-state index contributed by atoms with van der Waals surface area (Å²) in [6.07, 6.45) is 3.18. The Balaban J connectivity index is 1.81. The van der Waals surface area contributed by atoms with Gasteiger partial charge in [-0.25, -0.2) is 0 Å². The fraction of sp³-hybridized carbons (Fsp3) is 0.529. The Labute approximate surface area is 130 Å². The molecule has 118 valence electrons. The predicted molar refractivity (Wildman–Crippen MR) is 85.7 cm³/mol. The van der Waals surface area contributed by atoms with Crippen molar-refractivity contribution in [2.45, 2.75) is 38.6 Å². The minimum absolute atomic E-state index is 0.0415. The summed E-state index contributed by atoms with van der Waals surface area (Å²) in [5, 5.41) is 2.85. The Morgan fingerprint density at radius 3 is 3.00 bits per heavy atom. The number of hydrogen-bond donors (Lipinski definition) is 2. The van der Waals surface area contributed by atoms with Crippen LogP contribution in [0, 0.1) is 5.92 Å². The highest BCUT2D eigenvalue weighted by atomic mass is 16.2. The number of fused-ring (bicyclic) bond motifs is 1. The van der Waals surface area contributed by atoms with Crippen molar-refractivity contribution in [3.63, 3.8) is 0 Å². The standard InChI is InChI=1S/C17H23N3O2/c1-11-6-7-20(14(8-11)10-18)17(22)13-2-4-15-12(9-13)3-5-16(21)19-15/h2,4,9,11,14H,3,5-8,10,18H2,1H3,(H,19,21). The molecule has 2 unspecified atom stereocenters. The maximum absolute atomic E-state index is 12.8. The summed E-state index contributed by atoms with van der Waals surface area (Å²) in [6, 6.07) is 5.69. The lowest BCUT2D eigenvalue weighted by Gasteiger charge is -2.38. The molecule has 1 fully saturated rings. The van der Waals surface area contributed by atoms with Gasteiger partial charge in [-0.2, -0.15) is 0 Å². The number of hydrogen-bond acceptors (Lipinski definition) is 3. The molecule has 0 spiro atoms. The van der Waals surface area contributed by atoms with Gasteiger partial charge in [-0.1, -0.05) is 6.92 Å². The number of carbonyl (C=O) groups is 2. The van der Waals surface area contributed by atoms with Gasteiger partial charge in [-0.3, -0.25) is 9.59 Å². The normalized spacial score (nSPS) is 24.6. The zero-order chi connectivity index (χ0) is 15.7. The molecule has 3 rings (SSSR count). The van der Waals surface area contributed by atoms with E-state index in [-0.39, 0.29) is 17.9 Å². The van der Waals surface area contributed by atoms with Crippen molar-refractivity contribution in [3.05, 3.63) is 29.3 Å². The number of rotatable bonds is 2. The van der Waals surface area contributed by atoms with E-state index < -0.39 is 0 Å². The van der Waals surface area contributed by atoms with Crippen LogP contribution in [0.1, 0.15) is 42.1 Å². The lowest BCUT2D eigenvalue weighted by Crippen LogP contribution is -2.49. The molecule has 1 saturated heterocycles. The first-order valence-electron chi connectivity index (χ1n) is 8.02. The van der Waals surface area contributed by atoms with E-state index in [2.05, 4.69) is 12.2 Å². The average molecular weight is 301 g/mol. The van der Waals surface area contributed by atoms with E-state index in [1.165, 1.54) is 0 Å². The number of nitrogens with one attached hydrogen (secondary N) is 1. The van der Waals surface area contributed by atoms with E-state index in [9.17, 15) is 9.59 Å². The van der Waals surface area contributed by atoms with Crippen molar-refractivity contribution in [3.8, 4) is 0 Å². The van der Waals surface area contributed by atoms with E-state index >= 15 is 0 Å². The van der Waals surface area contributed by atoms with Gasteiger partial charge in [-0.15, -0.1) is 0 Å². The molecule has 2 atom stereocenters. The molecule has 2 aliphatic rings. The Morgan fingerprint density at radius 2 is 2.23 bits per heavy atom. The first-order valence-corrected chi connectivity index (χ1v) is 8.02.